The number of esters is 1. The average molecular weight is 270 g/mol. The number of carbonyl (C=O) groups excluding carboxylic acids is 1. The molecule has 18 heavy (non-hydrogen) atoms. The van der Waals surface area contributed by atoms with Crippen molar-refractivity contribution in [2.24, 2.45) is 5.92 Å². The molecule has 3 rings (SSSR count). The van der Waals surface area contributed by atoms with E-state index in [2.05, 4.69) is 4.74 Å². The molecule has 6 heteroatoms. The van der Waals surface area contributed by atoms with Crippen LogP contribution >= 0.6 is 11.6 Å². The predicted molar refractivity (Wildman–Crippen MR) is 63.1 cm³/mol. The smallest absolute Gasteiger partial charge is 0.327 e. The van der Waals surface area contributed by atoms with Crippen molar-refractivity contribution in [1.29, 1.82) is 0 Å². The van der Waals surface area contributed by atoms with E-state index in [9.17, 15) is 4.79 Å². The van der Waals surface area contributed by atoms with Gasteiger partial charge < -0.3 is 14.4 Å². The highest BCUT2D eigenvalue weighted by Gasteiger charge is 2.61. The zero-order valence-electron chi connectivity index (χ0n) is 9.76. The number of alkyl halides is 1. The van der Waals surface area contributed by atoms with E-state index in [4.69, 9.17) is 21.3 Å². The molecule has 2 unspecified atom stereocenters. The van der Waals surface area contributed by atoms with Crippen LogP contribution in [0.4, 0.5) is 0 Å². The van der Waals surface area contributed by atoms with E-state index >= 15 is 0 Å². The van der Waals surface area contributed by atoms with Crippen molar-refractivity contribution >= 4 is 17.6 Å². The Morgan fingerprint density at radius 2 is 2.11 bits per heavy atom. The van der Waals surface area contributed by atoms with Gasteiger partial charge in [-0.05, 0) is 18.6 Å². The highest BCUT2D eigenvalue weighted by atomic mass is 35.5. The van der Waals surface area contributed by atoms with Crippen molar-refractivity contribution in [3.05, 3.63) is 24.3 Å². The first-order chi connectivity index (χ1) is 8.63. The van der Waals surface area contributed by atoms with Gasteiger partial charge in [0, 0.05) is 11.1 Å². The zero-order chi connectivity index (χ0) is 12.8. The summed E-state index contributed by atoms with van der Waals surface area (Å²) in [6.45, 7) is 0.424. The molecule has 1 aliphatic heterocycles. The highest BCUT2D eigenvalue weighted by Crippen LogP contribution is 2.51. The lowest BCUT2D eigenvalue weighted by atomic mass is 10.3. The van der Waals surface area contributed by atoms with Crippen molar-refractivity contribution in [2.45, 2.75) is 11.3 Å². The molecule has 0 saturated heterocycles. The van der Waals surface area contributed by atoms with E-state index in [0.717, 1.165) is 0 Å². The minimum absolute atomic E-state index is 0.0269. The normalized spacial score (nSPS) is 29.1. The van der Waals surface area contributed by atoms with Crippen molar-refractivity contribution in [2.75, 3.05) is 13.7 Å². The van der Waals surface area contributed by atoms with Crippen LogP contribution in [-0.4, -0.2) is 29.7 Å². The number of halogens is 1. The van der Waals surface area contributed by atoms with Gasteiger partial charge in [-0.1, -0.05) is 12.1 Å². The second kappa shape index (κ2) is 4.03. The predicted octanol–water partition coefficient (Wildman–Crippen LogP) is 1.76. The molecule has 1 aliphatic carbocycles. The van der Waals surface area contributed by atoms with Crippen LogP contribution in [0.5, 0.6) is 11.5 Å². The van der Waals surface area contributed by atoms with E-state index < -0.39 is 10.8 Å². The van der Waals surface area contributed by atoms with Gasteiger partial charge in [-0.15, -0.1) is 11.6 Å². The number of fused-ring (bicyclic) bond motifs is 1. The molecule has 96 valence electrons. The summed E-state index contributed by atoms with van der Waals surface area (Å²) in [5, 5.41) is 1.35. The number of nitrogens with zero attached hydrogens (tertiary/aromatic N) is 1. The first-order valence-corrected chi connectivity index (χ1v) is 6.01. The third-order valence-electron chi connectivity index (χ3n) is 3.17. The van der Waals surface area contributed by atoms with Crippen LogP contribution in [0.25, 0.3) is 0 Å². The van der Waals surface area contributed by atoms with E-state index in [1.165, 1.54) is 12.3 Å². The maximum Gasteiger partial charge on any atom is 0.327 e. The molecule has 0 radical (unpaired) electrons. The van der Waals surface area contributed by atoms with Gasteiger partial charge in [0.1, 0.15) is 4.87 Å². The minimum Gasteiger partial charge on any atom is -0.468 e. The summed E-state index contributed by atoms with van der Waals surface area (Å²) < 4.78 is 4.66. The maximum atomic E-state index is 11.4. The second-order valence-electron chi connectivity index (χ2n) is 4.40. The van der Waals surface area contributed by atoms with Gasteiger partial charge in [0.2, 0.25) is 0 Å². The molecule has 2 atom stereocenters. The number of carbonyl (C=O) groups is 1. The van der Waals surface area contributed by atoms with Crippen LogP contribution in [0.15, 0.2) is 24.3 Å². The zero-order valence-corrected chi connectivity index (χ0v) is 10.5. The molecule has 1 saturated carbocycles. The summed E-state index contributed by atoms with van der Waals surface area (Å²) in [5.41, 5.74) is 0. The van der Waals surface area contributed by atoms with Crippen LogP contribution < -0.4 is 9.68 Å². The van der Waals surface area contributed by atoms with Crippen LogP contribution in [0, 0.1) is 5.92 Å². The maximum absolute atomic E-state index is 11.4. The van der Waals surface area contributed by atoms with Gasteiger partial charge in [-0.25, -0.2) is 0 Å². The van der Waals surface area contributed by atoms with Crippen molar-refractivity contribution in [3.63, 3.8) is 0 Å². The Balaban J connectivity index is 1.60. The Labute approximate surface area is 109 Å². The van der Waals surface area contributed by atoms with Gasteiger partial charge in [0.25, 0.3) is 0 Å². The Morgan fingerprint density at radius 3 is 2.67 bits per heavy atom. The van der Waals surface area contributed by atoms with Gasteiger partial charge in [0.05, 0.1) is 13.7 Å². The number of hydrogen-bond donors (Lipinski definition) is 0. The Morgan fingerprint density at radius 1 is 1.50 bits per heavy atom. The van der Waals surface area contributed by atoms with Gasteiger partial charge >= 0.3 is 5.97 Å². The number of methoxy groups -OCH3 is 1. The van der Waals surface area contributed by atoms with E-state index in [1.807, 2.05) is 24.3 Å². The topological polar surface area (TPSA) is 48.0 Å². The SMILES string of the molecule is COC(=O)C1(Cl)CC1CN1Oc2ccccc2O1. The lowest BCUT2D eigenvalue weighted by Crippen LogP contribution is -2.31. The molecule has 1 aromatic carbocycles. The molecular weight excluding hydrogens is 258 g/mol. The fraction of sp³-hybridized carbons (Fsp3) is 0.417. The van der Waals surface area contributed by atoms with Crippen molar-refractivity contribution in [1.82, 2.24) is 5.23 Å². The molecule has 0 aromatic heterocycles. The Kier molecular flexibility index (Phi) is 2.60. The number of hydroxylamine groups is 2. The molecule has 5 nitrogen and oxygen atoms in total. The number of ether oxygens (including phenoxy) is 1. The van der Waals surface area contributed by atoms with Gasteiger partial charge in [-0.2, -0.15) is 0 Å². The highest BCUT2D eigenvalue weighted by molar-refractivity contribution is 6.36. The summed E-state index contributed by atoms with van der Waals surface area (Å²) in [4.78, 5) is 21.5. The number of para-hydroxylation sites is 2. The van der Waals surface area contributed by atoms with Crippen LogP contribution in [0.2, 0.25) is 0 Å². The van der Waals surface area contributed by atoms with Gasteiger partial charge in [-0.3, -0.25) is 4.79 Å². The molecule has 0 N–H and O–H groups in total. The molecular formula is C12H12ClNO4. The quantitative estimate of drug-likeness (QED) is 0.618. The number of rotatable bonds is 3. The molecule has 1 heterocycles. The van der Waals surface area contributed by atoms with Crippen molar-refractivity contribution < 1.29 is 19.2 Å². The molecule has 0 spiro atoms. The first kappa shape index (κ1) is 11.6. The summed E-state index contributed by atoms with van der Waals surface area (Å²) in [6.07, 6.45) is 0.570. The molecule has 1 aromatic rings. The van der Waals surface area contributed by atoms with Crippen LogP contribution in [0.1, 0.15) is 6.42 Å². The number of hydrogen-bond acceptors (Lipinski definition) is 5. The third kappa shape index (κ3) is 1.79. The first-order valence-electron chi connectivity index (χ1n) is 5.63. The lowest BCUT2D eigenvalue weighted by molar-refractivity contribution is -0.228. The number of benzene rings is 1. The fourth-order valence-corrected chi connectivity index (χ4v) is 2.35. The van der Waals surface area contributed by atoms with Crippen LogP contribution in [0.3, 0.4) is 0 Å². The summed E-state index contributed by atoms with van der Waals surface area (Å²) >= 11 is 6.14. The Hall–Kier alpha value is -1.46. The average Bonchev–Trinajstić information content (AvgIpc) is 2.86. The largest absolute Gasteiger partial charge is 0.468 e. The van der Waals surface area contributed by atoms with E-state index in [-0.39, 0.29) is 5.92 Å². The van der Waals surface area contributed by atoms with E-state index in [1.54, 1.807) is 0 Å². The summed E-state index contributed by atoms with van der Waals surface area (Å²) in [6, 6.07) is 7.36. The summed E-state index contributed by atoms with van der Waals surface area (Å²) in [5.74, 6) is 0.902. The third-order valence-corrected chi connectivity index (χ3v) is 3.79. The van der Waals surface area contributed by atoms with Crippen molar-refractivity contribution in [3.8, 4) is 11.5 Å². The molecule has 1 fully saturated rings. The Bertz CT molecular complexity index is 470. The second-order valence-corrected chi connectivity index (χ2v) is 5.07. The standard InChI is InChI=1S/C12H12ClNO4/c1-16-11(15)12(13)6-8(12)7-14-17-9-4-2-3-5-10(9)18-14/h2-5,8H,6-7H2,1H3. The molecule has 0 bridgehead atoms. The molecule has 2 aliphatic rings. The minimum atomic E-state index is -0.920. The summed E-state index contributed by atoms with van der Waals surface area (Å²) in [7, 11) is 1.33. The van der Waals surface area contributed by atoms with Gasteiger partial charge in [0.15, 0.2) is 11.5 Å². The van der Waals surface area contributed by atoms with E-state index in [0.29, 0.717) is 24.5 Å². The fourth-order valence-electron chi connectivity index (χ4n) is 2.02. The monoisotopic (exact) mass is 269 g/mol. The molecule has 0 amide bonds. The lowest BCUT2D eigenvalue weighted by Gasteiger charge is -2.13. The van der Waals surface area contributed by atoms with Crippen LogP contribution in [-0.2, 0) is 9.53 Å².